The van der Waals surface area contributed by atoms with Crippen molar-refractivity contribution in [3.05, 3.63) is 35.4 Å². The van der Waals surface area contributed by atoms with E-state index in [-0.39, 0.29) is 0 Å². The summed E-state index contributed by atoms with van der Waals surface area (Å²) in [7, 11) is -1.34. The average molecular weight is 289 g/mol. The third kappa shape index (κ3) is 6.05. The third-order valence-electron chi connectivity index (χ3n) is 2.79. The van der Waals surface area contributed by atoms with E-state index in [0.29, 0.717) is 13.0 Å². The Balaban J connectivity index is 2.63. The molecule has 0 bridgehead atoms. The molecule has 0 saturated heterocycles. The summed E-state index contributed by atoms with van der Waals surface area (Å²) in [6.45, 7) is 9.08. The fourth-order valence-corrected chi connectivity index (χ4v) is 2.13. The van der Waals surface area contributed by atoms with Gasteiger partial charge >= 0.3 is 5.97 Å². The maximum atomic E-state index is 10.9. The van der Waals surface area contributed by atoms with Gasteiger partial charge in [-0.25, -0.2) is 0 Å². The third-order valence-corrected chi connectivity index (χ3v) is 3.67. The van der Waals surface area contributed by atoms with Crippen molar-refractivity contribution in [1.29, 1.82) is 0 Å². The van der Waals surface area contributed by atoms with Crippen LogP contribution in [0.5, 0.6) is 0 Å². The number of carbonyl (C=O) groups is 1. The Kier molecular flexibility index (Phi) is 5.99. The first-order valence-corrected chi connectivity index (χ1v) is 10.4. The van der Waals surface area contributed by atoms with Gasteiger partial charge in [0.1, 0.15) is 14.1 Å². The molecule has 0 aromatic heterocycles. The smallest absolute Gasteiger partial charge is 0.320 e. The van der Waals surface area contributed by atoms with Gasteiger partial charge in [-0.15, -0.1) is 5.54 Å². The quantitative estimate of drug-likeness (QED) is 0.647. The Hall–Kier alpha value is -1.57. The van der Waals surface area contributed by atoms with Gasteiger partial charge in [0, 0.05) is 12.1 Å². The van der Waals surface area contributed by atoms with E-state index >= 15 is 0 Å². The van der Waals surface area contributed by atoms with Crippen LogP contribution in [0.1, 0.15) is 24.5 Å². The van der Waals surface area contributed by atoms with Gasteiger partial charge in [0.15, 0.2) is 0 Å². The minimum atomic E-state index is -1.34. The molecule has 0 saturated carbocycles. The van der Waals surface area contributed by atoms with Crippen LogP contribution in [0.2, 0.25) is 19.6 Å². The van der Waals surface area contributed by atoms with Gasteiger partial charge in [-0.2, -0.15) is 0 Å². The molecule has 0 heterocycles. The molecule has 2 N–H and O–H groups in total. The van der Waals surface area contributed by atoms with E-state index in [1.54, 1.807) is 0 Å². The van der Waals surface area contributed by atoms with E-state index in [2.05, 4.69) is 36.4 Å². The summed E-state index contributed by atoms with van der Waals surface area (Å²) < 4.78 is 0. The first-order valence-electron chi connectivity index (χ1n) is 6.90. The van der Waals surface area contributed by atoms with Crippen LogP contribution in [0.15, 0.2) is 24.3 Å². The lowest BCUT2D eigenvalue weighted by molar-refractivity contribution is -0.139. The summed E-state index contributed by atoms with van der Waals surface area (Å²) in [5.41, 5.74) is 5.42. The van der Waals surface area contributed by atoms with Gasteiger partial charge in [-0.1, -0.05) is 44.6 Å². The summed E-state index contributed by atoms with van der Waals surface area (Å²) in [5.74, 6) is 2.40. The van der Waals surface area contributed by atoms with E-state index in [0.717, 1.165) is 11.1 Å². The maximum absolute atomic E-state index is 10.9. The molecule has 4 heteroatoms. The van der Waals surface area contributed by atoms with Crippen molar-refractivity contribution in [2.75, 3.05) is 0 Å². The lowest BCUT2D eigenvalue weighted by Crippen LogP contribution is -2.35. The Bertz CT molecular complexity index is 506. The zero-order valence-corrected chi connectivity index (χ0v) is 13.7. The van der Waals surface area contributed by atoms with Crippen LogP contribution in [-0.4, -0.2) is 25.2 Å². The maximum Gasteiger partial charge on any atom is 0.320 e. The molecular formula is C16H23NO2Si. The molecule has 108 valence electrons. The number of benzene rings is 1. The van der Waals surface area contributed by atoms with E-state index < -0.39 is 20.1 Å². The first-order chi connectivity index (χ1) is 9.31. The van der Waals surface area contributed by atoms with Gasteiger partial charge in [-0.3, -0.25) is 4.79 Å². The van der Waals surface area contributed by atoms with Crippen LogP contribution < -0.4 is 5.32 Å². The molecular weight excluding hydrogens is 266 g/mol. The van der Waals surface area contributed by atoms with Crippen molar-refractivity contribution >= 4 is 14.0 Å². The highest BCUT2D eigenvalue weighted by Gasteiger charge is 2.13. The summed E-state index contributed by atoms with van der Waals surface area (Å²) in [4.78, 5) is 10.9. The van der Waals surface area contributed by atoms with Gasteiger partial charge in [0.25, 0.3) is 0 Å². The van der Waals surface area contributed by atoms with Crippen LogP contribution in [-0.2, 0) is 11.3 Å². The van der Waals surface area contributed by atoms with Crippen molar-refractivity contribution in [1.82, 2.24) is 5.32 Å². The molecule has 1 rings (SSSR count). The second-order valence-electron chi connectivity index (χ2n) is 5.88. The minimum absolute atomic E-state index is 0.485. The number of hydrogen-bond acceptors (Lipinski definition) is 2. The fraction of sp³-hybridized carbons (Fsp3) is 0.438. The molecule has 0 aliphatic heterocycles. The normalized spacial score (nSPS) is 12.4. The number of aliphatic carboxylic acids is 1. The highest BCUT2D eigenvalue weighted by atomic mass is 28.3. The van der Waals surface area contributed by atoms with E-state index in [1.807, 2.05) is 31.2 Å². The fourth-order valence-electron chi connectivity index (χ4n) is 1.61. The van der Waals surface area contributed by atoms with Crippen LogP contribution in [0, 0.1) is 11.5 Å². The monoisotopic (exact) mass is 289 g/mol. The highest BCUT2D eigenvalue weighted by molar-refractivity contribution is 6.83. The van der Waals surface area contributed by atoms with Crippen molar-refractivity contribution in [2.45, 2.75) is 45.6 Å². The van der Waals surface area contributed by atoms with Gasteiger partial charge in [-0.05, 0) is 24.1 Å². The molecule has 0 radical (unpaired) electrons. The Morgan fingerprint density at radius 1 is 1.30 bits per heavy atom. The topological polar surface area (TPSA) is 49.3 Å². The zero-order valence-electron chi connectivity index (χ0n) is 12.7. The van der Waals surface area contributed by atoms with Gasteiger partial charge in [0.2, 0.25) is 0 Å². The molecule has 1 atom stereocenters. The second kappa shape index (κ2) is 7.27. The van der Waals surface area contributed by atoms with Crippen LogP contribution in [0.3, 0.4) is 0 Å². The van der Waals surface area contributed by atoms with Gasteiger partial charge < -0.3 is 10.4 Å². The number of carboxylic acids is 1. The lowest BCUT2D eigenvalue weighted by atomic mass is 10.1. The average Bonchev–Trinajstić information content (AvgIpc) is 2.37. The predicted octanol–water partition coefficient (Wildman–Crippen LogP) is 2.87. The Labute approximate surface area is 122 Å². The molecule has 0 aliphatic carbocycles. The van der Waals surface area contributed by atoms with Crippen molar-refractivity contribution < 1.29 is 9.90 Å². The Morgan fingerprint density at radius 2 is 1.90 bits per heavy atom. The summed E-state index contributed by atoms with van der Waals surface area (Å²) in [5, 5.41) is 12.0. The van der Waals surface area contributed by atoms with Crippen LogP contribution >= 0.6 is 0 Å². The van der Waals surface area contributed by atoms with Gasteiger partial charge in [0.05, 0.1) is 0 Å². The van der Waals surface area contributed by atoms with Crippen molar-refractivity contribution in [3.8, 4) is 11.5 Å². The zero-order chi connectivity index (χ0) is 15.2. The van der Waals surface area contributed by atoms with E-state index in [4.69, 9.17) is 5.11 Å². The Morgan fingerprint density at radius 3 is 2.35 bits per heavy atom. The van der Waals surface area contributed by atoms with E-state index in [9.17, 15) is 4.79 Å². The summed E-state index contributed by atoms with van der Waals surface area (Å²) in [6, 6.07) is 7.49. The largest absolute Gasteiger partial charge is 0.480 e. The van der Waals surface area contributed by atoms with Crippen LogP contribution in [0.25, 0.3) is 0 Å². The molecule has 0 amide bonds. The molecule has 0 aliphatic rings. The molecule has 1 aromatic carbocycles. The van der Waals surface area contributed by atoms with Crippen LogP contribution in [0.4, 0.5) is 0 Å². The second-order valence-corrected chi connectivity index (χ2v) is 10.6. The standard InChI is InChI=1S/C16H23NO2Si/c1-5-15(16(18)19)17-12-14-8-6-13(7-9-14)10-11-20(2,3)4/h6-9,15,17H,5,12H2,1-4H3,(H,18,19)/t15-/m0/s1. The minimum Gasteiger partial charge on any atom is -0.480 e. The summed E-state index contributed by atoms with van der Waals surface area (Å²) in [6.07, 6.45) is 0.578. The first kappa shape index (κ1) is 16.5. The summed E-state index contributed by atoms with van der Waals surface area (Å²) >= 11 is 0. The molecule has 0 unspecified atom stereocenters. The molecule has 20 heavy (non-hydrogen) atoms. The predicted molar refractivity (Wildman–Crippen MR) is 85.2 cm³/mol. The lowest BCUT2D eigenvalue weighted by Gasteiger charge is -2.12. The number of rotatable bonds is 5. The molecule has 1 aromatic rings. The van der Waals surface area contributed by atoms with Crippen molar-refractivity contribution in [2.24, 2.45) is 0 Å². The van der Waals surface area contributed by atoms with E-state index in [1.165, 1.54) is 0 Å². The molecule has 0 spiro atoms. The molecule has 0 fully saturated rings. The number of nitrogens with one attached hydrogen (secondary N) is 1. The van der Waals surface area contributed by atoms with Crippen molar-refractivity contribution in [3.63, 3.8) is 0 Å². The molecule has 3 nitrogen and oxygen atoms in total. The highest BCUT2D eigenvalue weighted by Crippen LogP contribution is 2.05. The number of hydrogen-bond donors (Lipinski definition) is 2. The SMILES string of the molecule is CC[C@H](NCc1ccc(C#C[Si](C)(C)C)cc1)C(=O)O. The number of carboxylic acid groups (broad SMARTS) is 1.